The fourth-order valence-corrected chi connectivity index (χ4v) is 2.01. The van der Waals surface area contributed by atoms with E-state index in [2.05, 4.69) is 5.10 Å². The van der Waals surface area contributed by atoms with Crippen molar-refractivity contribution in [3.63, 3.8) is 0 Å². The van der Waals surface area contributed by atoms with E-state index < -0.39 is 0 Å². The average molecular weight is 269 g/mol. The van der Waals surface area contributed by atoms with Gasteiger partial charge >= 0.3 is 0 Å². The fourth-order valence-electron chi connectivity index (χ4n) is 2.01. The summed E-state index contributed by atoms with van der Waals surface area (Å²) < 4.78 is 6.63. The lowest BCUT2D eigenvalue weighted by Crippen LogP contribution is -2.24. The molecule has 0 bridgehead atoms. The quantitative estimate of drug-likeness (QED) is 0.852. The minimum absolute atomic E-state index is 0.296. The van der Waals surface area contributed by atoms with Gasteiger partial charge in [-0.15, -0.1) is 0 Å². The van der Waals surface area contributed by atoms with Gasteiger partial charge in [0.25, 0.3) is 5.56 Å². The van der Waals surface area contributed by atoms with E-state index in [-0.39, 0.29) is 5.56 Å². The number of aryl methyl sites for hydroxylation is 2. The summed E-state index contributed by atoms with van der Waals surface area (Å²) in [7, 11) is 1.59. The Morgan fingerprint density at radius 1 is 1.35 bits per heavy atom. The summed E-state index contributed by atoms with van der Waals surface area (Å²) in [6.45, 7) is 4.00. The van der Waals surface area contributed by atoms with Crippen LogP contribution in [0.4, 0.5) is 0 Å². The maximum absolute atomic E-state index is 11.9. The van der Waals surface area contributed by atoms with Crippen molar-refractivity contribution in [1.82, 2.24) is 9.78 Å². The Morgan fingerprint density at radius 2 is 2.10 bits per heavy atom. The third-order valence-corrected chi connectivity index (χ3v) is 3.06. The van der Waals surface area contributed by atoms with Crippen LogP contribution in [0, 0.1) is 25.2 Å². The minimum Gasteiger partial charge on any atom is -0.496 e. The molecule has 0 saturated heterocycles. The molecule has 0 N–H and O–H groups in total. The second-order valence-corrected chi connectivity index (χ2v) is 4.57. The number of rotatable bonds is 3. The van der Waals surface area contributed by atoms with Crippen molar-refractivity contribution in [1.29, 1.82) is 5.26 Å². The predicted molar refractivity (Wildman–Crippen MR) is 74.8 cm³/mol. The number of ether oxygens (including phenoxy) is 1. The SMILES string of the molecule is COc1ccc(C)cc1Cn1nc(C)c(C#N)cc1=O. The molecule has 0 atom stereocenters. The molecule has 5 heteroatoms. The van der Waals surface area contributed by atoms with E-state index in [1.165, 1.54) is 10.7 Å². The zero-order valence-corrected chi connectivity index (χ0v) is 11.7. The Hall–Kier alpha value is -2.61. The van der Waals surface area contributed by atoms with Crippen LogP contribution in [-0.2, 0) is 6.54 Å². The predicted octanol–water partition coefficient (Wildman–Crippen LogP) is 1.79. The summed E-state index contributed by atoms with van der Waals surface area (Å²) in [6, 6.07) is 9.04. The van der Waals surface area contributed by atoms with Crippen molar-refractivity contribution < 1.29 is 4.74 Å². The van der Waals surface area contributed by atoms with Crippen LogP contribution in [0.25, 0.3) is 0 Å². The smallest absolute Gasteiger partial charge is 0.268 e. The molecule has 2 aromatic rings. The van der Waals surface area contributed by atoms with Crippen LogP contribution in [0.15, 0.2) is 29.1 Å². The van der Waals surface area contributed by atoms with E-state index in [1.807, 2.05) is 31.2 Å². The molecule has 1 aromatic heterocycles. The van der Waals surface area contributed by atoms with Crippen molar-refractivity contribution >= 4 is 0 Å². The lowest BCUT2D eigenvalue weighted by Gasteiger charge is -2.11. The number of methoxy groups -OCH3 is 1. The Kier molecular flexibility index (Phi) is 3.85. The molecule has 0 fully saturated rings. The van der Waals surface area contributed by atoms with Gasteiger partial charge in [-0.3, -0.25) is 4.79 Å². The van der Waals surface area contributed by atoms with Gasteiger partial charge in [0.2, 0.25) is 0 Å². The van der Waals surface area contributed by atoms with E-state index in [0.717, 1.165) is 11.1 Å². The van der Waals surface area contributed by atoms with E-state index in [9.17, 15) is 4.79 Å². The topological polar surface area (TPSA) is 67.9 Å². The molecule has 1 aromatic carbocycles. The molecule has 0 aliphatic heterocycles. The van der Waals surface area contributed by atoms with E-state index >= 15 is 0 Å². The largest absolute Gasteiger partial charge is 0.496 e. The van der Waals surface area contributed by atoms with Gasteiger partial charge in [0.05, 0.1) is 24.9 Å². The summed E-state index contributed by atoms with van der Waals surface area (Å²) in [6.07, 6.45) is 0. The van der Waals surface area contributed by atoms with Crippen LogP contribution >= 0.6 is 0 Å². The highest BCUT2D eigenvalue weighted by molar-refractivity contribution is 5.37. The number of benzene rings is 1. The van der Waals surface area contributed by atoms with Gasteiger partial charge in [-0.2, -0.15) is 10.4 Å². The van der Waals surface area contributed by atoms with Crippen LogP contribution < -0.4 is 10.3 Å². The molecule has 2 rings (SSSR count). The number of aromatic nitrogens is 2. The summed E-state index contributed by atoms with van der Waals surface area (Å²) in [5.41, 5.74) is 2.52. The Morgan fingerprint density at radius 3 is 2.75 bits per heavy atom. The van der Waals surface area contributed by atoms with Crippen molar-refractivity contribution in [2.24, 2.45) is 0 Å². The normalized spacial score (nSPS) is 10.1. The van der Waals surface area contributed by atoms with Gasteiger partial charge in [0.15, 0.2) is 0 Å². The molecular weight excluding hydrogens is 254 g/mol. The molecular formula is C15H15N3O2. The summed E-state index contributed by atoms with van der Waals surface area (Å²) >= 11 is 0. The van der Waals surface area contributed by atoms with Crippen LogP contribution in [0.5, 0.6) is 5.75 Å². The van der Waals surface area contributed by atoms with E-state index in [4.69, 9.17) is 10.00 Å². The zero-order valence-electron chi connectivity index (χ0n) is 11.7. The maximum Gasteiger partial charge on any atom is 0.268 e. The molecule has 1 heterocycles. The molecule has 0 amide bonds. The highest BCUT2D eigenvalue weighted by atomic mass is 16.5. The van der Waals surface area contributed by atoms with Crippen LogP contribution in [0.2, 0.25) is 0 Å². The molecule has 0 spiro atoms. The molecule has 20 heavy (non-hydrogen) atoms. The standard InChI is InChI=1S/C15H15N3O2/c1-10-4-5-14(20-3)13(6-10)9-18-15(19)7-12(8-16)11(2)17-18/h4-7H,9H2,1-3H3. The first-order valence-electron chi connectivity index (χ1n) is 6.17. The first-order valence-corrected chi connectivity index (χ1v) is 6.17. The third-order valence-electron chi connectivity index (χ3n) is 3.06. The third kappa shape index (κ3) is 2.69. The van der Waals surface area contributed by atoms with Crippen molar-refractivity contribution in [2.45, 2.75) is 20.4 Å². The molecule has 0 saturated carbocycles. The molecule has 0 aliphatic carbocycles. The number of hydrogen-bond acceptors (Lipinski definition) is 4. The van der Waals surface area contributed by atoms with Crippen molar-refractivity contribution in [3.8, 4) is 11.8 Å². The number of hydrogen-bond donors (Lipinski definition) is 0. The fraction of sp³-hybridized carbons (Fsp3) is 0.267. The summed E-state index contributed by atoms with van der Waals surface area (Å²) in [5.74, 6) is 0.714. The van der Waals surface area contributed by atoms with Gasteiger partial charge in [0, 0.05) is 11.6 Å². The van der Waals surface area contributed by atoms with Gasteiger partial charge in [0.1, 0.15) is 11.8 Å². The van der Waals surface area contributed by atoms with E-state index in [1.54, 1.807) is 14.0 Å². The molecule has 0 radical (unpaired) electrons. The average Bonchev–Trinajstić information content (AvgIpc) is 2.42. The van der Waals surface area contributed by atoms with Gasteiger partial charge < -0.3 is 4.74 Å². The molecule has 0 aliphatic rings. The summed E-state index contributed by atoms with van der Waals surface area (Å²) in [5, 5.41) is 13.1. The lowest BCUT2D eigenvalue weighted by molar-refractivity contribution is 0.406. The van der Waals surface area contributed by atoms with Gasteiger partial charge in [-0.05, 0) is 19.9 Å². The first-order chi connectivity index (χ1) is 9.55. The van der Waals surface area contributed by atoms with Gasteiger partial charge in [-0.1, -0.05) is 17.7 Å². The second kappa shape index (κ2) is 5.57. The Labute approximate surface area is 117 Å². The minimum atomic E-state index is -0.296. The van der Waals surface area contributed by atoms with Crippen molar-refractivity contribution in [3.05, 3.63) is 57.0 Å². The van der Waals surface area contributed by atoms with E-state index in [0.29, 0.717) is 23.6 Å². The lowest BCUT2D eigenvalue weighted by atomic mass is 10.1. The Bertz CT molecular complexity index is 742. The number of nitrogens with zero attached hydrogens (tertiary/aromatic N) is 3. The summed E-state index contributed by atoms with van der Waals surface area (Å²) in [4.78, 5) is 11.9. The molecule has 5 nitrogen and oxygen atoms in total. The van der Waals surface area contributed by atoms with Crippen LogP contribution in [0.1, 0.15) is 22.4 Å². The molecule has 102 valence electrons. The second-order valence-electron chi connectivity index (χ2n) is 4.57. The number of nitriles is 1. The Balaban J connectivity index is 2.46. The maximum atomic E-state index is 11.9. The first kappa shape index (κ1) is 13.8. The van der Waals surface area contributed by atoms with Crippen molar-refractivity contribution in [2.75, 3.05) is 7.11 Å². The zero-order chi connectivity index (χ0) is 14.7. The highest BCUT2D eigenvalue weighted by Crippen LogP contribution is 2.20. The van der Waals surface area contributed by atoms with Crippen LogP contribution in [0.3, 0.4) is 0 Å². The van der Waals surface area contributed by atoms with Crippen LogP contribution in [-0.4, -0.2) is 16.9 Å². The van der Waals surface area contributed by atoms with Gasteiger partial charge in [-0.25, -0.2) is 4.68 Å². The highest BCUT2D eigenvalue weighted by Gasteiger charge is 2.09. The monoisotopic (exact) mass is 269 g/mol. The molecule has 0 unspecified atom stereocenters.